The molecular formula is C12H18N2O3. The van der Waals surface area contributed by atoms with Gasteiger partial charge in [0.25, 0.3) is 0 Å². The average Bonchev–Trinajstić information content (AvgIpc) is 2.29. The summed E-state index contributed by atoms with van der Waals surface area (Å²) in [6, 6.07) is 3.66. The van der Waals surface area contributed by atoms with Crippen molar-refractivity contribution in [2.75, 3.05) is 20.3 Å². The van der Waals surface area contributed by atoms with Crippen molar-refractivity contribution in [1.29, 1.82) is 0 Å². The van der Waals surface area contributed by atoms with E-state index in [2.05, 4.69) is 10.3 Å². The molecule has 0 amide bonds. The molecule has 5 heteroatoms. The number of ether oxygens (including phenoxy) is 2. The van der Waals surface area contributed by atoms with Crippen molar-refractivity contribution in [1.82, 2.24) is 10.3 Å². The van der Waals surface area contributed by atoms with Crippen LogP contribution in [0.2, 0.25) is 0 Å². The number of hydrogen-bond donors (Lipinski definition) is 1. The number of esters is 1. The maximum atomic E-state index is 11.2. The highest BCUT2D eigenvalue weighted by Gasteiger charge is 2.08. The zero-order chi connectivity index (χ0) is 12.7. The SMILES string of the molecule is CCOC(=O)COc1ccc(C)nc1CNC. The van der Waals surface area contributed by atoms with Gasteiger partial charge in [-0.1, -0.05) is 0 Å². The van der Waals surface area contributed by atoms with Crippen LogP contribution >= 0.6 is 0 Å². The van der Waals surface area contributed by atoms with Gasteiger partial charge in [0, 0.05) is 12.2 Å². The molecule has 1 N–H and O–H groups in total. The number of nitrogens with one attached hydrogen (secondary N) is 1. The molecule has 0 aliphatic heterocycles. The lowest BCUT2D eigenvalue weighted by Crippen LogP contribution is -2.17. The first-order chi connectivity index (χ1) is 8.17. The predicted octanol–water partition coefficient (Wildman–Crippen LogP) is 1.05. The second-order valence-corrected chi connectivity index (χ2v) is 3.52. The molecule has 1 aromatic rings. The Bertz CT molecular complexity index is 380. The summed E-state index contributed by atoms with van der Waals surface area (Å²) in [6.45, 7) is 4.54. The van der Waals surface area contributed by atoms with Crippen LogP contribution in [-0.4, -0.2) is 31.2 Å². The number of aryl methyl sites for hydroxylation is 1. The van der Waals surface area contributed by atoms with Crippen LogP contribution in [0.25, 0.3) is 0 Å². The van der Waals surface area contributed by atoms with E-state index >= 15 is 0 Å². The van der Waals surface area contributed by atoms with Gasteiger partial charge in [-0.3, -0.25) is 4.98 Å². The minimum atomic E-state index is -0.372. The number of rotatable bonds is 6. The number of carbonyl (C=O) groups is 1. The van der Waals surface area contributed by atoms with Gasteiger partial charge in [0.1, 0.15) is 5.75 Å². The third-order valence-corrected chi connectivity index (χ3v) is 2.07. The van der Waals surface area contributed by atoms with Crippen LogP contribution < -0.4 is 10.1 Å². The molecule has 17 heavy (non-hydrogen) atoms. The molecule has 0 aliphatic rings. The van der Waals surface area contributed by atoms with E-state index in [9.17, 15) is 4.79 Å². The third kappa shape index (κ3) is 4.40. The van der Waals surface area contributed by atoms with Gasteiger partial charge in [-0.05, 0) is 33.0 Å². The van der Waals surface area contributed by atoms with E-state index < -0.39 is 0 Å². The fourth-order valence-electron chi connectivity index (χ4n) is 1.36. The first kappa shape index (κ1) is 13.4. The highest BCUT2D eigenvalue weighted by molar-refractivity contribution is 5.71. The zero-order valence-corrected chi connectivity index (χ0v) is 10.4. The normalized spacial score (nSPS) is 10.1. The molecule has 1 rings (SSSR count). The lowest BCUT2D eigenvalue weighted by Gasteiger charge is -2.10. The Balaban J connectivity index is 2.66. The molecule has 0 aromatic carbocycles. The topological polar surface area (TPSA) is 60.5 Å². The van der Waals surface area contributed by atoms with E-state index in [1.807, 2.05) is 26.1 Å². The molecule has 0 fully saturated rings. The van der Waals surface area contributed by atoms with Gasteiger partial charge in [0.2, 0.25) is 0 Å². The molecule has 94 valence electrons. The summed E-state index contributed by atoms with van der Waals surface area (Å²) in [4.78, 5) is 15.5. The number of pyridine rings is 1. The van der Waals surface area contributed by atoms with E-state index in [0.29, 0.717) is 18.9 Å². The summed E-state index contributed by atoms with van der Waals surface area (Å²) < 4.78 is 10.2. The molecule has 0 aliphatic carbocycles. The van der Waals surface area contributed by atoms with Crippen LogP contribution in [0.3, 0.4) is 0 Å². The molecular weight excluding hydrogens is 220 g/mol. The highest BCUT2D eigenvalue weighted by Crippen LogP contribution is 2.16. The Morgan fingerprint density at radius 2 is 2.24 bits per heavy atom. The van der Waals surface area contributed by atoms with Crippen LogP contribution in [0.4, 0.5) is 0 Å². The third-order valence-electron chi connectivity index (χ3n) is 2.07. The second-order valence-electron chi connectivity index (χ2n) is 3.52. The fraction of sp³-hybridized carbons (Fsp3) is 0.500. The lowest BCUT2D eigenvalue weighted by atomic mass is 10.3. The smallest absolute Gasteiger partial charge is 0.344 e. The number of aromatic nitrogens is 1. The molecule has 0 bridgehead atoms. The van der Waals surface area contributed by atoms with Crippen LogP contribution in [0.1, 0.15) is 18.3 Å². The minimum absolute atomic E-state index is 0.0880. The molecule has 0 radical (unpaired) electrons. The zero-order valence-electron chi connectivity index (χ0n) is 10.4. The Hall–Kier alpha value is -1.62. The van der Waals surface area contributed by atoms with E-state index in [1.54, 1.807) is 6.92 Å². The molecule has 0 unspecified atom stereocenters. The Labute approximate surface area is 101 Å². The van der Waals surface area contributed by atoms with E-state index in [0.717, 1.165) is 11.4 Å². The summed E-state index contributed by atoms with van der Waals surface area (Å²) in [5.74, 6) is 0.237. The van der Waals surface area contributed by atoms with Gasteiger partial charge in [-0.2, -0.15) is 0 Å². The fourth-order valence-corrected chi connectivity index (χ4v) is 1.36. The van der Waals surface area contributed by atoms with Crippen molar-refractivity contribution in [3.8, 4) is 5.75 Å². The molecule has 0 spiro atoms. The van der Waals surface area contributed by atoms with Crippen molar-refractivity contribution >= 4 is 5.97 Å². The molecule has 0 atom stereocenters. The Morgan fingerprint density at radius 3 is 2.88 bits per heavy atom. The predicted molar refractivity (Wildman–Crippen MR) is 63.9 cm³/mol. The van der Waals surface area contributed by atoms with Crippen LogP contribution in [0.5, 0.6) is 5.75 Å². The number of carbonyl (C=O) groups excluding carboxylic acids is 1. The largest absolute Gasteiger partial charge is 0.480 e. The Morgan fingerprint density at radius 1 is 1.47 bits per heavy atom. The number of nitrogens with zero attached hydrogens (tertiary/aromatic N) is 1. The molecule has 0 saturated carbocycles. The van der Waals surface area contributed by atoms with Crippen molar-refractivity contribution in [3.63, 3.8) is 0 Å². The summed E-state index contributed by atoms with van der Waals surface area (Å²) in [7, 11) is 1.83. The summed E-state index contributed by atoms with van der Waals surface area (Å²) in [5.41, 5.74) is 1.70. The van der Waals surface area contributed by atoms with Gasteiger partial charge in [0.05, 0.1) is 12.3 Å². The maximum absolute atomic E-state index is 11.2. The van der Waals surface area contributed by atoms with Crippen molar-refractivity contribution in [3.05, 3.63) is 23.5 Å². The molecule has 5 nitrogen and oxygen atoms in total. The minimum Gasteiger partial charge on any atom is -0.480 e. The molecule has 1 aromatic heterocycles. The van der Waals surface area contributed by atoms with Gasteiger partial charge in [0.15, 0.2) is 6.61 Å². The van der Waals surface area contributed by atoms with E-state index in [4.69, 9.17) is 9.47 Å². The maximum Gasteiger partial charge on any atom is 0.344 e. The van der Waals surface area contributed by atoms with Crippen LogP contribution in [0.15, 0.2) is 12.1 Å². The van der Waals surface area contributed by atoms with Crippen molar-refractivity contribution in [2.45, 2.75) is 20.4 Å². The summed E-state index contributed by atoms with van der Waals surface area (Å²) in [5, 5.41) is 3.01. The summed E-state index contributed by atoms with van der Waals surface area (Å²) in [6.07, 6.45) is 0. The number of hydrogen-bond acceptors (Lipinski definition) is 5. The standard InChI is InChI=1S/C12H18N2O3/c1-4-16-12(15)8-17-11-6-5-9(2)14-10(11)7-13-3/h5-6,13H,4,7-8H2,1-3H3. The van der Waals surface area contributed by atoms with Gasteiger partial charge < -0.3 is 14.8 Å². The quantitative estimate of drug-likeness (QED) is 0.751. The first-order valence-electron chi connectivity index (χ1n) is 5.57. The summed E-state index contributed by atoms with van der Waals surface area (Å²) >= 11 is 0. The van der Waals surface area contributed by atoms with Crippen LogP contribution in [-0.2, 0) is 16.1 Å². The van der Waals surface area contributed by atoms with Gasteiger partial charge in [-0.25, -0.2) is 4.79 Å². The van der Waals surface area contributed by atoms with E-state index in [1.165, 1.54) is 0 Å². The van der Waals surface area contributed by atoms with Gasteiger partial charge in [-0.15, -0.1) is 0 Å². The molecule has 1 heterocycles. The van der Waals surface area contributed by atoms with Gasteiger partial charge >= 0.3 is 5.97 Å². The molecule has 0 saturated heterocycles. The van der Waals surface area contributed by atoms with Crippen LogP contribution in [0, 0.1) is 6.92 Å². The second kappa shape index (κ2) is 6.85. The average molecular weight is 238 g/mol. The highest BCUT2D eigenvalue weighted by atomic mass is 16.6. The monoisotopic (exact) mass is 238 g/mol. The van der Waals surface area contributed by atoms with E-state index in [-0.39, 0.29) is 12.6 Å². The first-order valence-corrected chi connectivity index (χ1v) is 5.57. The van der Waals surface area contributed by atoms with Crippen molar-refractivity contribution < 1.29 is 14.3 Å². The van der Waals surface area contributed by atoms with Crippen molar-refractivity contribution in [2.24, 2.45) is 0 Å². The Kier molecular flexibility index (Phi) is 5.42. The lowest BCUT2D eigenvalue weighted by molar-refractivity contribution is -0.145.